The maximum absolute atomic E-state index is 13.4. The lowest BCUT2D eigenvalue weighted by Gasteiger charge is -2.26. The molecule has 1 aliphatic rings. The summed E-state index contributed by atoms with van der Waals surface area (Å²) in [5.41, 5.74) is 2.89. The molecule has 0 radical (unpaired) electrons. The zero-order valence-corrected chi connectivity index (χ0v) is 21.1. The molecule has 3 rings (SSSR count). The van der Waals surface area contributed by atoms with Crippen molar-refractivity contribution < 1.29 is 19.3 Å². The lowest BCUT2D eigenvalue weighted by atomic mass is 10.00. The first-order valence-electron chi connectivity index (χ1n) is 10.4. The highest BCUT2D eigenvalue weighted by Gasteiger charge is 2.36. The summed E-state index contributed by atoms with van der Waals surface area (Å²) in [6.07, 6.45) is -0.840. The number of amides is 1. The second-order valence-corrected chi connectivity index (χ2v) is 8.64. The number of likely N-dealkylation sites (N-methyl/N-ethyl adjacent to an activating group) is 1. The number of halogens is 2. The average Bonchev–Trinajstić information content (AvgIpc) is 2.90. The molecule has 0 saturated carbocycles. The summed E-state index contributed by atoms with van der Waals surface area (Å²) in [6.45, 7) is 2.08. The van der Waals surface area contributed by atoms with Crippen molar-refractivity contribution in [1.82, 2.24) is 10.2 Å². The Kier molecular flexibility index (Phi) is 9.05. The number of ether oxygens (including phenoxy) is 2. The van der Waals surface area contributed by atoms with Gasteiger partial charge < -0.3 is 19.3 Å². The molecule has 2 aromatic rings. The largest absolute Gasteiger partial charge is 0.383 e. The molecule has 1 heterocycles. The third kappa shape index (κ3) is 6.02. The Balaban J connectivity index is 2.03. The minimum atomic E-state index is -0.840. The molecule has 10 heteroatoms. The highest BCUT2D eigenvalue weighted by Crippen LogP contribution is 2.28. The van der Waals surface area contributed by atoms with Gasteiger partial charge in [0.05, 0.1) is 35.1 Å². The van der Waals surface area contributed by atoms with Gasteiger partial charge in [0.2, 0.25) is 5.71 Å². The number of nitrogens with zero attached hydrogens (tertiary/aromatic N) is 2. The Hall–Kier alpha value is -2.23. The maximum atomic E-state index is 13.4. The Labute approximate surface area is 209 Å². The highest BCUT2D eigenvalue weighted by molar-refractivity contribution is 7.80. The van der Waals surface area contributed by atoms with Gasteiger partial charge in [-0.2, -0.15) is 0 Å². The van der Waals surface area contributed by atoms with Gasteiger partial charge in [0.1, 0.15) is 0 Å². The van der Waals surface area contributed by atoms with E-state index in [1.807, 2.05) is 35.2 Å². The van der Waals surface area contributed by atoms with Gasteiger partial charge in [-0.05, 0) is 42.5 Å². The predicted molar refractivity (Wildman–Crippen MR) is 135 cm³/mol. The number of methoxy groups -OCH3 is 2. The normalized spacial score (nSPS) is 15.5. The second kappa shape index (κ2) is 11.8. The molecule has 0 aromatic heterocycles. The number of hydrogen-bond acceptors (Lipinski definition) is 4. The number of nitrogens with one attached hydrogen (secondary N) is 2. The maximum Gasteiger partial charge on any atom is 0.317 e. The van der Waals surface area contributed by atoms with Crippen LogP contribution >= 0.6 is 35.4 Å². The number of anilines is 1. The van der Waals surface area contributed by atoms with Crippen molar-refractivity contribution in [2.24, 2.45) is 0 Å². The van der Waals surface area contributed by atoms with Gasteiger partial charge in [0.25, 0.3) is 0 Å². The van der Waals surface area contributed by atoms with E-state index in [1.165, 1.54) is 0 Å². The fraction of sp³-hybridized carbons (Fsp3) is 0.348. The molecule has 1 unspecified atom stereocenters. The fourth-order valence-corrected chi connectivity index (χ4v) is 4.22. The number of benzene rings is 2. The summed E-state index contributed by atoms with van der Waals surface area (Å²) < 4.78 is 10.4. The topological polar surface area (TPSA) is 68.0 Å². The summed E-state index contributed by atoms with van der Waals surface area (Å²) in [5.74, 6) is -0.207. The highest BCUT2D eigenvalue weighted by atomic mass is 35.5. The molecule has 33 heavy (non-hydrogen) atoms. The van der Waals surface area contributed by atoms with Crippen molar-refractivity contribution in [3.63, 3.8) is 0 Å². The van der Waals surface area contributed by atoms with Gasteiger partial charge in [-0.3, -0.25) is 10.1 Å². The van der Waals surface area contributed by atoms with Gasteiger partial charge in [0, 0.05) is 39.4 Å². The molecule has 0 bridgehead atoms. The second-order valence-electron chi connectivity index (χ2n) is 7.41. The third-order valence-corrected chi connectivity index (χ3v) is 6.23. The van der Waals surface area contributed by atoms with Crippen LogP contribution in [0.15, 0.2) is 42.5 Å². The lowest BCUT2D eigenvalue weighted by Crippen LogP contribution is -2.87. The molecule has 2 N–H and O–H groups in total. The first kappa shape index (κ1) is 25.4. The number of rotatable bonds is 8. The van der Waals surface area contributed by atoms with Crippen LogP contribution in [0.2, 0.25) is 10.0 Å². The van der Waals surface area contributed by atoms with Gasteiger partial charge in [-0.25, -0.2) is 4.99 Å². The van der Waals surface area contributed by atoms with E-state index in [2.05, 4.69) is 10.3 Å². The van der Waals surface area contributed by atoms with E-state index < -0.39 is 6.17 Å². The fourth-order valence-electron chi connectivity index (χ4n) is 3.51. The molecule has 2 aromatic carbocycles. The number of benzodiazepines with no additional fused rings is 1. The van der Waals surface area contributed by atoms with Crippen LogP contribution in [0.4, 0.5) is 5.69 Å². The van der Waals surface area contributed by atoms with Crippen LogP contribution in [0, 0.1) is 0 Å². The smallest absolute Gasteiger partial charge is 0.317 e. The SMILES string of the molecule is COCCN(CCOC)C(=S)NC1[NH+]=C(c2ccccc2Cl)c2cc(Cl)ccc2N(C)C1=O. The van der Waals surface area contributed by atoms with E-state index in [1.54, 1.807) is 38.3 Å². The summed E-state index contributed by atoms with van der Waals surface area (Å²) >= 11 is 18.5. The van der Waals surface area contributed by atoms with Crippen LogP contribution in [-0.4, -0.2) is 75.4 Å². The average molecular weight is 510 g/mol. The molecular weight excluding hydrogens is 483 g/mol. The van der Waals surface area contributed by atoms with Crippen molar-refractivity contribution in [2.75, 3.05) is 52.5 Å². The van der Waals surface area contributed by atoms with Crippen LogP contribution in [0.25, 0.3) is 0 Å². The van der Waals surface area contributed by atoms with Crippen LogP contribution in [-0.2, 0) is 14.3 Å². The van der Waals surface area contributed by atoms with Crippen molar-refractivity contribution in [3.05, 3.63) is 63.6 Å². The monoisotopic (exact) mass is 509 g/mol. The minimum absolute atomic E-state index is 0.207. The van der Waals surface area contributed by atoms with Crippen molar-refractivity contribution in [3.8, 4) is 0 Å². The van der Waals surface area contributed by atoms with Gasteiger partial charge in [-0.15, -0.1) is 0 Å². The summed E-state index contributed by atoms with van der Waals surface area (Å²) in [7, 11) is 4.98. The van der Waals surface area contributed by atoms with Gasteiger partial charge in [0.15, 0.2) is 5.11 Å². The standard InChI is InChI=1S/C23H26Cl2N4O3S/c1-28-19-9-8-15(24)14-17(19)20(16-6-4-5-7-18(16)25)26-21(22(28)30)27-23(33)29(10-12-31-2)11-13-32-3/h4-9,14,21H,10-13H2,1-3H3,(H,27,33)/p+1. The molecule has 1 amide bonds. The van der Waals surface area contributed by atoms with Crippen LogP contribution in [0.3, 0.4) is 0 Å². The molecule has 0 fully saturated rings. The zero-order chi connectivity index (χ0) is 24.0. The number of hydrogen-bond donors (Lipinski definition) is 2. The predicted octanol–water partition coefficient (Wildman–Crippen LogP) is 1.68. The Bertz CT molecular complexity index is 1040. The van der Waals surface area contributed by atoms with E-state index in [0.717, 1.165) is 11.1 Å². The van der Waals surface area contributed by atoms with Crippen molar-refractivity contribution in [1.29, 1.82) is 0 Å². The quantitative estimate of drug-likeness (QED) is 0.527. The van der Waals surface area contributed by atoms with E-state index in [0.29, 0.717) is 52.9 Å². The number of thiocarbonyl (C=S) groups is 1. The molecule has 0 spiro atoms. The van der Waals surface area contributed by atoms with E-state index in [-0.39, 0.29) is 5.91 Å². The molecule has 1 aliphatic heterocycles. The number of carbonyl (C=O) groups is 1. The molecular formula is C23H27Cl2N4O3S+. The van der Waals surface area contributed by atoms with E-state index in [4.69, 9.17) is 44.9 Å². The summed E-state index contributed by atoms with van der Waals surface area (Å²) in [4.78, 5) is 20.2. The van der Waals surface area contributed by atoms with Gasteiger partial charge >= 0.3 is 12.1 Å². The first-order valence-corrected chi connectivity index (χ1v) is 11.5. The van der Waals surface area contributed by atoms with Crippen LogP contribution in [0.5, 0.6) is 0 Å². The Morgan fingerprint density at radius 3 is 2.42 bits per heavy atom. The Morgan fingerprint density at radius 2 is 1.79 bits per heavy atom. The molecule has 176 valence electrons. The third-order valence-electron chi connectivity index (χ3n) is 5.28. The Morgan fingerprint density at radius 1 is 1.12 bits per heavy atom. The number of carbonyl (C=O) groups excluding carboxylic acids is 1. The molecule has 0 saturated heterocycles. The van der Waals surface area contributed by atoms with E-state index >= 15 is 0 Å². The molecule has 0 aliphatic carbocycles. The molecule has 7 nitrogen and oxygen atoms in total. The lowest BCUT2D eigenvalue weighted by molar-refractivity contribution is -0.489. The zero-order valence-electron chi connectivity index (χ0n) is 18.7. The minimum Gasteiger partial charge on any atom is -0.383 e. The van der Waals surface area contributed by atoms with Crippen LogP contribution < -0.4 is 15.2 Å². The van der Waals surface area contributed by atoms with E-state index in [9.17, 15) is 4.79 Å². The summed E-state index contributed by atoms with van der Waals surface area (Å²) in [6, 6.07) is 12.8. The van der Waals surface area contributed by atoms with Crippen molar-refractivity contribution >= 4 is 57.8 Å². The number of fused-ring (bicyclic) bond motifs is 1. The van der Waals surface area contributed by atoms with Gasteiger partial charge in [-0.1, -0.05) is 35.3 Å². The van der Waals surface area contributed by atoms with Crippen molar-refractivity contribution in [2.45, 2.75) is 6.17 Å². The molecule has 1 atom stereocenters. The summed E-state index contributed by atoms with van der Waals surface area (Å²) in [5, 5.41) is 4.68. The van der Waals surface area contributed by atoms with Crippen LogP contribution in [0.1, 0.15) is 11.1 Å². The first-order chi connectivity index (χ1) is 15.9.